The normalized spacial score (nSPS) is 18.9. The summed E-state index contributed by atoms with van der Waals surface area (Å²) in [6, 6.07) is 0. The molecule has 0 aliphatic heterocycles. The molecule has 0 aromatic rings. The minimum Gasteiger partial charge on any atom is -0.677 e. The number of hydrogen-bond donors (Lipinski definition) is 1. The molecule has 0 aromatic carbocycles. The van der Waals surface area contributed by atoms with Gasteiger partial charge >= 0.3 is 27.0 Å². The monoisotopic (exact) mass is 369 g/mol. The van der Waals surface area contributed by atoms with E-state index in [2.05, 4.69) is 0 Å². The van der Waals surface area contributed by atoms with Crippen LogP contribution in [-0.2, 0) is 25.9 Å². The number of carbonyl (C=O) groups is 1. The summed E-state index contributed by atoms with van der Waals surface area (Å²) in [5.74, 6) is -0.746. The van der Waals surface area contributed by atoms with Gasteiger partial charge in [-0.15, -0.1) is 6.54 Å². The van der Waals surface area contributed by atoms with Gasteiger partial charge in [0.05, 0.1) is 0 Å². The molecule has 14 heavy (non-hydrogen) atoms. The SMILES string of the molecule is [CH3-].[NH-]CC1(CC(=O)O)CCCCC1.[W+2]. The van der Waals surface area contributed by atoms with Crippen molar-refractivity contribution in [1.29, 1.82) is 0 Å². The zero-order valence-electron chi connectivity index (χ0n) is 8.71. The standard InChI is InChI=1S/C9H16NO2.CH3.W/c10-7-9(6-8(11)12)4-2-1-3-5-9;;/h10H,1-7H2,(H,11,12);1H3;/q2*-1;+2. The second kappa shape index (κ2) is 7.42. The molecule has 0 aromatic heterocycles. The van der Waals surface area contributed by atoms with Crippen LogP contribution >= 0.6 is 0 Å². The molecule has 1 aliphatic rings. The number of nitrogens with one attached hydrogen (secondary N) is 1. The molecule has 3 nitrogen and oxygen atoms in total. The first-order chi connectivity index (χ1) is 5.68. The van der Waals surface area contributed by atoms with E-state index < -0.39 is 5.97 Å². The van der Waals surface area contributed by atoms with E-state index in [1.807, 2.05) is 0 Å². The van der Waals surface area contributed by atoms with Gasteiger partial charge in [0.25, 0.3) is 0 Å². The van der Waals surface area contributed by atoms with Crippen LogP contribution in [0.3, 0.4) is 0 Å². The molecule has 0 unspecified atom stereocenters. The van der Waals surface area contributed by atoms with Gasteiger partial charge in [-0.3, -0.25) is 4.79 Å². The maximum atomic E-state index is 10.5. The van der Waals surface area contributed by atoms with Gasteiger partial charge in [0.1, 0.15) is 0 Å². The van der Waals surface area contributed by atoms with Crippen molar-refractivity contribution in [2.75, 3.05) is 6.54 Å². The van der Waals surface area contributed by atoms with Gasteiger partial charge < -0.3 is 18.3 Å². The molecule has 0 saturated heterocycles. The van der Waals surface area contributed by atoms with Crippen molar-refractivity contribution in [3.05, 3.63) is 13.2 Å². The Morgan fingerprint density at radius 2 is 1.79 bits per heavy atom. The molecule has 0 bridgehead atoms. The van der Waals surface area contributed by atoms with Crippen molar-refractivity contribution in [3.63, 3.8) is 0 Å². The van der Waals surface area contributed by atoms with Crippen molar-refractivity contribution in [1.82, 2.24) is 0 Å². The number of carboxylic acid groups (broad SMARTS) is 1. The average molecular weight is 369 g/mol. The van der Waals surface area contributed by atoms with E-state index in [0.717, 1.165) is 25.7 Å². The molecule has 4 heteroatoms. The summed E-state index contributed by atoms with van der Waals surface area (Å²) < 4.78 is 0. The van der Waals surface area contributed by atoms with Crippen LogP contribution in [0.2, 0.25) is 0 Å². The van der Waals surface area contributed by atoms with E-state index in [0.29, 0.717) is 0 Å². The molecule has 82 valence electrons. The van der Waals surface area contributed by atoms with Crippen LogP contribution < -0.4 is 0 Å². The quantitative estimate of drug-likeness (QED) is 0.778. The number of carboxylic acids is 1. The smallest absolute Gasteiger partial charge is 0.677 e. The third-order valence-corrected chi connectivity index (χ3v) is 2.82. The van der Waals surface area contributed by atoms with Crippen molar-refractivity contribution in [2.24, 2.45) is 5.41 Å². The Morgan fingerprint density at radius 3 is 2.14 bits per heavy atom. The van der Waals surface area contributed by atoms with Crippen LogP contribution in [0, 0.1) is 12.8 Å². The molecule has 1 fully saturated rings. The number of hydrogen-bond acceptors (Lipinski definition) is 1. The average Bonchev–Trinajstić information content (AvgIpc) is 2.05. The topological polar surface area (TPSA) is 61.1 Å². The molecule has 0 radical (unpaired) electrons. The molecule has 0 atom stereocenters. The predicted octanol–water partition coefficient (Wildman–Crippen LogP) is 2.91. The Balaban J connectivity index is 0. The maximum absolute atomic E-state index is 10.5. The summed E-state index contributed by atoms with van der Waals surface area (Å²) in [5.41, 5.74) is 7.18. The molecular weight excluding hydrogens is 350 g/mol. The van der Waals surface area contributed by atoms with Gasteiger partial charge in [0.2, 0.25) is 0 Å². The van der Waals surface area contributed by atoms with Gasteiger partial charge in [0, 0.05) is 6.42 Å². The maximum Gasteiger partial charge on any atom is 2.00 e. The minimum atomic E-state index is -0.746. The molecule has 1 saturated carbocycles. The zero-order valence-corrected chi connectivity index (χ0v) is 11.6. The fourth-order valence-corrected chi connectivity index (χ4v) is 2.04. The Hall–Kier alpha value is 0.118. The summed E-state index contributed by atoms with van der Waals surface area (Å²) in [4.78, 5) is 10.5. The molecule has 0 spiro atoms. The van der Waals surface area contributed by atoms with Gasteiger partial charge in [-0.25, -0.2) is 0 Å². The van der Waals surface area contributed by atoms with Crippen molar-refractivity contribution in [2.45, 2.75) is 38.5 Å². The van der Waals surface area contributed by atoms with Gasteiger partial charge in [0.15, 0.2) is 0 Å². The molecule has 0 amide bonds. The minimum absolute atomic E-state index is 0. The molecule has 1 rings (SSSR count). The fraction of sp³-hybridized carbons (Fsp3) is 0.800. The summed E-state index contributed by atoms with van der Waals surface area (Å²) >= 11 is 0. The van der Waals surface area contributed by atoms with Crippen LogP contribution in [0.5, 0.6) is 0 Å². The Morgan fingerprint density at radius 1 is 1.29 bits per heavy atom. The third-order valence-electron chi connectivity index (χ3n) is 2.82. The van der Waals surface area contributed by atoms with E-state index in [4.69, 9.17) is 10.8 Å². The molecular formula is C10H19NO2W. The van der Waals surface area contributed by atoms with Crippen molar-refractivity contribution in [3.8, 4) is 0 Å². The molecule has 2 N–H and O–H groups in total. The second-order valence-corrected chi connectivity index (χ2v) is 3.81. The first-order valence-electron chi connectivity index (χ1n) is 4.55. The van der Waals surface area contributed by atoms with E-state index >= 15 is 0 Å². The molecule has 0 heterocycles. The number of rotatable bonds is 3. The summed E-state index contributed by atoms with van der Waals surface area (Å²) in [6.07, 6.45) is 5.47. The van der Waals surface area contributed by atoms with E-state index in [1.165, 1.54) is 6.42 Å². The van der Waals surface area contributed by atoms with Crippen molar-refractivity contribution < 1.29 is 31.0 Å². The van der Waals surface area contributed by atoms with Crippen LogP contribution in [0.4, 0.5) is 0 Å². The first-order valence-corrected chi connectivity index (χ1v) is 4.55. The second-order valence-electron chi connectivity index (χ2n) is 3.81. The predicted molar refractivity (Wildman–Crippen MR) is 53.4 cm³/mol. The molecule has 1 aliphatic carbocycles. The van der Waals surface area contributed by atoms with E-state index in [9.17, 15) is 4.79 Å². The first kappa shape index (κ1) is 16.5. The Kier molecular flexibility index (Phi) is 8.76. The van der Waals surface area contributed by atoms with E-state index in [1.54, 1.807) is 0 Å². The van der Waals surface area contributed by atoms with Crippen LogP contribution in [0.1, 0.15) is 38.5 Å². The summed E-state index contributed by atoms with van der Waals surface area (Å²) in [6.45, 7) is 0.277. The summed E-state index contributed by atoms with van der Waals surface area (Å²) in [7, 11) is 0. The zero-order chi connectivity index (χ0) is 9.03. The van der Waals surface area contributed by atoms with E-state index in [-0.39, 0.29) is 46.9 Å². The van der Waals surface area contributed by atoms with Crippen LogP contribution in [-0.4, -0.2) is 17.6 Å². The largest absolute Gasteiger partial charge is 2.00 e. The third kappa shape index (κ3) is 4.56. The van der Waals surface area contributed by atoms with Crippen molar-refractivity contribution >= 4 is 5.97 Å². The van der Waals surface area contributed by atoms with Crippen LogP contribution in [0.15, 0.2) is 0 Å². The van der Waals surface area contributed by atoms with Gasteiger partial charge in [-0.05, 0) is 18.3 Å². The Bertz CT molecular complexity index is 168. The number of aliphatic carboxylic acids is 1. The Labute approximate surface area is 101 Å². The van der Waals surface area contributed by atoms with Gasteiger partial charge in [-0.2, -0.15) is 0 Å². The summed E-state index contributed by atoms with van der Waals surface area (Å²) in [5, 5.41) is 8.68. The van der Waals surface area contributed by atoms with Gasteiger partial charge in [-0.1, -0.05) is 19.3 Å². The van der Waals surface area contributed by atoms with Crippen LogP contribution in [0.25, 0.3) is 5.73 Å². The fourth-order valence-electron chi connectivity index (χ4n) is 2.04.